The van der Waals surface area contributed by atoms with E-state index in [9.17, 15) is 4.79 Å². The lowest BCUT2D eigenvalue weighted by Crippen LogP contribution is -2.55. The Balaban J connectivity index is 2.47. The maximum Gasteiger partial charge on any atom is 0.326 e. The second-order valence-electron chi connectivity index (χ2n) is 5.56. The number of esters is 1. The summed E-state index contributed by atoms with van der Waals surface area (Å²) in [5, 5.41) is 3.40. The normalized spacial score (nSPS) is 25.2. The Bertz CT molecular complexity index is 298. The maximum absolute atomic E-state index is 12.4. The second-order valence-corrected chi connectivity index (χ2v) is 5.56. The zero-order valence-corrected chi connectivity index (χ0v) is 13.8. The van der Waals surface area contributed by atoms with E-state index in [0.29, 0.717) is 25.7 Å². The number of nitrogens with one attached hydrogen (secondary N) is 1. The monoisotopic (exact) mass is 301 g/mol. The molecular formula is C16H31NO4. The molecule has 1 rings (SSSR count). The van der Waals surface area contributed by atoms with Crippen LogP contribution < -0.4 is 5.32 Å². The average Bonchev–Trinajstić information content (AvgIpc) is 2.87. The van der Waals surface area contributed by atoms with Crippen molar-refractivity contribution in [3.63, 3.8) is 0 Å². The van der Waals surface area contributed by atoms with Crippen molar-refractivity contribution in [2.45, 2.75) is 51.5 Å². The summed E-state index contributed by atoms with van der Waals surface area (Å²) in [6.45, 7) is 7.26. The van der Waals surface area contributed by atoms with Gasteiger partial charge in [-0.2, -0.15) is 0 Å². The molecule has 0 aliphatic heterocycles. The van der Waals surface area contributed by atoms with E-state index in [2.05, 4.69) is 5.32 Å². The number of carbonyl (C=O) groups is 1. The SMILES string of the molecule is CCNC1(C(=O)OCC)CCCC1CCOCCCOC. The van der Waals surface area contributed by atoms with Gasteiger partial charge in [-0.25, -0.2) is 0 Å². The fraction of sp³-hybridized carbons (Fsp3) is 0.938. The molecule has 0 aromatic heterocycles. The van der Waals surface area contributed by atoms with Crippen LogP contribution in [0.1, 0.15) is 46.0 Å². The third-order valence-electron chi connectivity index (χ3n) is 4.20. The number of likely N-dealkylation sites (N-methyl/N-ethyl adjacent to an activating group) is 1. The minimum absolute atomic E-state index is 0.0891. The van der Waals surface area contributed by atoms with E-state index in [-0.39, 0.29) is 5.97 Å². The standard InChI is InChI=1S/C16H31NO4/c1-4-17-16(15(18)21-5-2)10-6-8-14(16)9-13-20-12-7-11-19-3/h14,17H,4-13H2,1-3H3. The molecule has 0 saturated heterocycles. The lowest BCUT2D eigenvalue weighted by atomic mass is 9.84. The van der Waals surface area contributed by atoms with Crippen molar-refractivity contribution in [3.05, 3.63) is 0 Å². The summed E-state index contributed by atoms with van der Waals surface area (Å²) in [6, 6.07) is 0. The fourth-order valence-electron chi connectivity index (χ4n) is 3.25. The largest absolute Gasteiger partial charge is 0.465 e. The molecular weight excluding hydrogens is 270 g/mol. The van der Waals surface area contributed by atoms with E-state index in [4.69, 9.17) is 14.2 Å². The van der Waals surface area contributed by atoms with Gasteiger partial charge in [0, 0.05) is 26.9 Å². The first kappa shape index (κ1) is 18.4. The molecule has 1 aliphatic carbocycles. The molecule has 0 aromatic carbocycles. The minimum Gasteiger partial charge on any atom is -0.465 e. The number of hydrogen-bond donors (Lipinski definition) is 1. The first-order valence-electron chi connectivity index (χ1n) is 8.20. The first-order valence-corrected chi connectivity index (χ1v) is 8.20. The molecule has 0 heterocycles. The maximum atomic E-state index is 12.4. The van der Waals surface area contributed by atoms with E-state index in [0.717, 1.165) is 45.3 Å². The summed E-state index contributed by atoms with van der Waals surface area (Å²) >= 11 is 0. The van der Waals surface area contributed by atoms with Gasteiger partial charge in [-0.1, -0.05) is 13.3 Å². The van der Waals surface area contributed by atoms with Crippen LogP contribution in [-0.4, -0.2) is 51.6 Å². The predicted octanol–water partition coefficient (Wildman–Crippen LogP) is 2.14. The van der Waals surface area contributed by atoms with Gasteiger partial charge in [0.05, 0.1) is 6.61 Å². The summed E-state index contributed by atoms with van der Waals surface area (Å²) in [6.07, 6.45) is 4.82. The number of carbonyl (C=O) groups excluding carboxylic acids is 1. The molecule has 1 fully saturated rings. The third kappa shape index (κ3) is 5.24. The summed E-state index contributed by atoms with van der Waals surface area (Å²) in [7, 11) is 1.70. The molecule has 0 amide bonds. The Kier molecular flexibility index (Phi) is 8.88. The molecule has 21 heavy (non-hydrogen) atoms. The van der Waals surface area contributed by atoms with Crippen LogP contribution in [0.25, 0.3) is 0 Å². The molecule has 0 radical (unpaired) electrons. The Hall–Kier alpha value is -0.650. The van der Waals surface area contributed by atoms with Gasteiger partial charge < -0.3 is 19.5 Å². The molecule has 1 aliphatic rings. The molecule has 0 spiro atoms. The van der Waals surface area contributed by atoms with Crippen LogP contribution in [0.3, 0.4) is 0 Å². The summed E-state index contributed by atoms with van der Waals surface area (Å²) in [5.74, 6) is 0.215. The van der Waals surface area contributed by atoms with E-state index in [1.165, 1.54) is 0 Å². The summed E-state index contributed by atoms with van der Waals surface area (Å²) in [5.41, 5.74) is -0.499. The van der Waals surface area contributed by atoms with E-state index >= 15 is 0 Å². The van der Waals surface area contributed by atoms with Crippen LogP contribution in [0.5, 0.6) is 0 Å². The van der Waals surface area contributed by atoms with E-state index in [1.54, 1.807) is 7.11 Å². The Morgan fingerprint density at radius 1 is 1.29 bits per heavy atom. The highest BCUT2D eigenvalue weighted by atomic mass is 16.5. The molecule has 5 nitrogen and oxygen atoms in total. The van der Waals surface area contributed by atoms with Gasteiger partial charge >= 0.3 is 5.97 Å². The van der Waals surface area contributed by atoms with Crippen LogP contribution in [0, 0.1) is 5.92 Å². The lowest BCUT2D eigenvalue weighted by molar-refractivity contribution is -0.153. The van der Waals surface area contributed by atoms with Crippen molar-refractivity contribution in [2.24, 2.45) is 5.92 Å². The molecule has 5 heteroatoms. The van der Waals surface area contributed by atoms with Crippen molar-refractivity contribution in [3.8, 4) is 0 Å². The molecule has 0 aromatic rings. The van der Waals surface area contributed by atoms with Gasteiger partial charge in [0.1, 0.15) is 5.54 Å². The molecule has 2 atom stereocenters. The van der Waals surface area contributed by atoms with Gasteiger partial charge in [0.2, 0.25) is 0 Å². The summed E-state index contributed by atoms with van der Waals surface area (Å²) in [4.78, 5) is 12.4. The minimum atomic E-state index is -0.499. The Morgan fingerprint density at radius 3 is 2.76 bits per heavy atom. The van der Waals surface area contributed by atoms with Crippen molar-refractivity contribution in [2.75, 3.05) is 40.1 Å². The molecule has 1 saturated carbocycles. The van der Waals surface area contributed by atoms with Crippen LogP contribution in [0.2, 0.25) is 0 Å². The summed E-state index contributed by atoms with van der Waals surface area (Å²) < 4.78 is 16.0. The van der Waals surface area contributed by atoms with Crippen LogP contribution in [-0.2, 0) is 19.0 Å². The van der Waals surface area contributed by atoms with E-state index < -0.39 is 5.54 Å². The van der Waals surface area contributed by atoms with Gasteiger partial charge in [-0.3, -0.25) is 4.79 Å². The first-order chi connectivity index (χ1) is 10.2. The van der Waals surface area contributed by atoms with Gasteiger partial charge in [-0.05, 0) is 45.1 Å². The average molecular weight is 301 g/mol. The van der Waals surface area contributed by atoms with Crippen LogP contribution in [0.15, 0.2) is 0 Å². The molecule has 2 unspecified atom stereocenters. The number of hydrogen-bond acceptors (Lipinski definition) is 5. The van der Waals surface area contributed by atoms with Crippen molar-refractivity contribution in [1.82, 2.24) is 5.32 Å². The Morgan fingerprint density at radius 2 is 2.10 bits per heavy atom. The molecule has 124 valence electrons. The third-order valence-corrected chi connectivity index (χ3v) is 4.20. The van der Waals surface area contributed by atoms with Gasteiger partial charge in [0.25, 0.3) is 0 Å². The fourth-order valence-corrected chi connectivity index (χ4v) is 3.25. The van der Waals surface area contributed by atoms with Gasteiger partial charge in [0.15, 0.2) is 0 Å². The van der Waals surface area contributed by atoms with Crippen molar-refractivity contribution >= 4 is 5.97 Å². The Labute approximate surface area is 128 Å². The van der Waals surface area contributed by atoms with E-state index in [1.807, 2.05) is 13.8 Å². The smallest absolute Gasteiger partial charge is 0.326 e. The zero-order chi connectivity index (χ0) is 15.6. The molecule has 1 N–H and O–H groups in total. The van der Waals surface area contributed by atoms with Crippen molar-refractivity contribution < 1.29 is 19.0 Å². The quantitative estimate of drug-likeness (QED) is 0.468. The highest BCUT2D eigenvalue weighted by Gasteiger charge is 2.49. The lowest BCUT2D eigenvalue weighted by Gasteiger charge is -2.34. The van der Waals surface area contributed by atoms with Crippen molar-refractivity contribution in [1.29, 1.82) is 0 Å². The highest BCUT2D eigenvalue weighted by Crippen LogP contribution is 2.39. The topological polar surface area (TPSA) is 56.8 Å². The second kappa shape index (κ2) is 10.1. The zero-order valence-electron chi connectivity index (χ0n) is 13.8. The number of rotatable bonds is 11. The predicted molar refractivity (Wildman–Crippen MR) is 82.3 cm³/mol. The number of ether oxygens (including phenoxy) is 3. The van der Waals surface area contributed by atoms with Gasteiger partial charge in [-0.15, -0.1) is 0 Å². The van der Waals surface area contributed by atoms with Crippen LogP contribution >= 0.6 is 0 Å². The molecule has 0 bridgehead atoms. The number of methoxy groups -OCH3 is 1. The van der Waals surface area contributed by atoms with Crippen LogP contribution in [0.4, 0.5) is 0 Å². The highest BCUT2D eigenvalue weighted by molar-refractivity contribution is 5.81.